The predicted octanol–water partition coefficient (Wildman–Crippen LogP) is 6.51. The standard InChI is InChI=1S/C34H41N5O5/c1-20(27-19-30(37-21(2)36-27)39-28-9-7-6-8-25(28)18-29(39)32(41)42)35-31(40)24-12-10-22(11-13-24)23-14-16-26(17-15-23)38-33(43)44-34(3,4)5/h10-17,19-20,25,28-29H,6-9,18H2,1-5H3,(H,35,40)(H,38,43)(H,41,42)/t20?,25-,28-,29?/m0/s1. The van der Waals surface area contributed by atoms with Crippen molar-refractivity contribution in [2.75, 3.05) is 10.2 Å². The Kier molecular flexibility index (Phi) is 8.90. The second-order valence-electron chi connectivity index (χ2n) is 12.8. The summed E-state index contributed by atoms with van der Waals surface area (Å²) in [6, 6.07) is 15.6. The molecule has 1 aromatic heterocycles. The molecule has 0 bridgehead atoms. The maximum Gasteiger partial charge on any atom is 0.412 e. The van der Waals surface area contributed by atoms with E-state index < -0.39 is 29.7 Å². The van der Waals surface area contributed by atoms with Gasteiger partial charge in [0, 0.05) is 23.4 Å². The molecule has 1 aliphatic heterocycles. The van der Waals surface area contributed by atoms with Crippen molar-refractivity contribution in [3.63, 3.8) is 0 Å². The van der Waals surface area contributed by atoms with Crippen LogP contribution in [-0.4, -0.2) is 50.7 Å². The quantitative estimate of drug-likeness (QED) is 0.280. The van der Waals surface area contributed by atoms with E-state index in [-0.39, 0.29) is 11.9 Å². The van der Waals surface area contributed by atoms with Crippen molar-refractivity contribution < 1.29 is 24.2 Å². The molecule has 3 aromatic rings. The third kappa shape index (κ3) is 7.18. The molecule has 2 amide bonds. The molecule has 2 heterocycles. The molecule has 232 valence electrons. The highest BCUT2D eigenvalue weighted by Crippen LogP contribution is 2.42. The lowest BCUT2D eigenvalue weighted by molar-refractivity contribution is -0.138. The molecule has 2 aliphatic rings. The van der Waals surface area contributed by atoms with Gasteiger partial charge >= 0.3 is 12.1 Å². The van der Waals surface area contributed by atoms with Crippen molar-refractivity contribution in [2.24, 2.45) is 5.92 Å². The zero-order valence-electron chi connectivity index (χ0n) is 26.0. The second-order valence-corrected chi connectivity index (χ2v) is 12.8. The van der Waals surface area contributed by atoms with Crippen molar-refractivity contribution in [2.45, 2.75) is 90.4 Å². The Morgan fingerprint density at radius 3 is 2.25 bits per heavy atom. The summed E-state index contributed by atoms with van der Waals surface area (Å²) in [7, 11) is 0. The number of nitrogens with zero attached hydrogens (tertiary/aromatic N) is 3. The molecule has 2 unspecified atom stereocenters. The number of aryl methyl sites for hydroxylation is 1. The SMILES string of the molecule is Cc1nc(C(C)NC(=O)c2ccc(-c3ccc(NC(=O)OC(C)(C)C)cc3)cc2)cc(N2C(C(=O)O)C[C@@H]3CCCC[C@@H]32)n1. The molecule has 4 atom stereocenters. The Morgan fingerprint density at radius 1 is 0.977 bits per heavy atom. The van der Waals surface area contributed by atoms with E-state index in [1.807, 2.05) is 62.9 Å². The number of carbonyl (C=O) groups is 3. The normalized spacial score (nSPS) is 20.4. The van der Waals surface area contributed by atoms with Crippen molar-refractivity contribution in [1.29, 1.82) is 0 Å². The third-order valence-corrected chi connectivity index (χ3v) is 8.28. The first-order chi connectivity index (χ1) is 20.9. The second kappa shape index (κ2) is 12.6. The molecular weight excluding hydrogens is 558 g/mol. The zero-order valence-corrected chi connectivity index (χ0v) is 26.0. The predicted molar refractivity (Wildman–Crippen MR) is 169 cm³/mol. The van der Waals surface area contributed by atoms with Crippen LogP contribution in [0.25, 0.3) is 11.1 Å². The number of hydrogen-bond donors (Lipinski definition) is 3. The molecule has 1 saturated carbocycles. The van der Waals surface area contributed by atoms with Gasteiger partial charge in [-0.25, -0.2) is 19.6 Å². The number of benzene rings is 2. The minimum atomic E-state index is -0.824. The van der Waals surface area contributed by atoms with E-state index in [1.54, 1.807) is 31.2 Å². The van der Waals surface area contributed by atoms with Gasteiger partial charge in [-0.15, -0.1) is 0 Å². The van der Waals surface area contributed by atoms with Crippen LogP contribution in [0.3, 0.4) is 0 Å². The Balaban J connectivity index is 1.25. The van der Waals surface area contributed by atoms with Crippen LogP contribution in [0.5, 0.6) is 0 Å². The first kappa shape index (κ1) is 31.0. The fourth-order valence-corrected chi connectivity index (χ4v) is 6.27. The number of aromatic nitrogens is 2. The lowest BCUT2D eigenvalue weighted by Gasteiger charge is -2.34. The van der Waals surface area contributed by atoms with Crippen LogP contribution in [0.1, 0.15) is 87.7 Å². The molecule has 10 heteroatoms. The molecule has 1 aliphatic carbocycles. The molecule has 5 rings (SSSR count). The summed E-state index contributed by atoms with van der Waals surface area (Å²) in [5.74, 6) is 0.451. The van der Waals surface area contributed by atoms with E-state index in [1.165, 1.54) is 0 Å². The zero-order chi connectivity index (χ0) is 31.6. The molecule has 2 aromatic carbocycles. The number of fused-ring (bicyclic) bond motifs is 1. The van der Waals surface area contributed by atoms with Crippen molar-refractivity contribution in [3.8, 4) is 11.1 Å². The molecule has 0 spiro atoms. The molecule has 44 heavy (non-hydrogen) atoms. The molecule has 1 saturated heterocycles. The maximum atomic E-state index is 13.2. The first-order valence-corrected chi connectivity index (χ1v) is 15.3. The van der Waals surface area contributed by atoms with Gasteiger partial charge in [-0.3, -0.25) is 10.1 Å². The van der Waals surface area contributed by atoms with Crippen LogP contribution in [-0.2, 0) is 9.53 Å². The fraction of sp³-hybridized carbons (Fsp3) is 0.441. The van der Waals surface area contributed by atoms with Gasteiger partial charge < -0.3 is 20.1 Å². The largest absolute Gasteiger partial charge is 0.480 e. The Labute approximate surface area is 258 Å². The highest BCUT2D eigenvalue weighted by atomic mass is 16.6. The average Bonchev–Trinajstić information content (AvgIpc) is 3.36. The van der Waals surface area contributed by atoms with Gasteiger partial charge in [0.1, 0.15) is 23.3 Å². The molecular formula is C34H41N5O5. The van der Waals surface area contributed by atoms with Crippen molar-refractivity contribution in [1.82, 2.24) is 15.3 Å². The van der Waals surface area contributed by atoms with E-state index in [2.05, 4.69) is 20.6 Å². The molecule has 2 fully saturated rings. The fourth-order valence-electron chi connectivity index (χ4n) is 6.27. The minimum absolute atomic E-state index is 0.160. The topological polar surface area (TPSA) is 134 Å². The number of ether oxygens (including phenoxy) is 1. The number of rotatable bonds is 7. The van der Waals surface area contributed by atoms with Gasteiger partial charge in [-0.2, -0.15) is 0 Å². The lowest BCUT2D eigenvalue weighted by atomic mass is 9.85. The summed E-state index contributed by atoms with van der Waals surface area (Å²) in [4.78, 5) is 48.6. The van der Waals surface area contributed by atoms with Gasteiger partial charge in [0.15, 0.2) is 0 Å². The van der Waals surface area contributed by atoms with Gasteiger partial charge in [0.25, 0.3) is 5.91 Å². The smallest absolute Gasteiger partial charge is 0.412 e. The molecule has 10 nitrogen and oxygen atoms in total. The van der Waals surface area contributed by atoms with Gasteiger partial charge in [0.05, 0.1) is 11.7 Å². The van der Waals surface area contributed by atoms with Crippen LogP contribution in [0.15, 0.2) is 54.6 Å². The summed E-state index contributed by atoms with van der Waals surface area (Å²) in [6.45, 7) is 9.10. The van der Waals surface area contributed by atoms with Crippen molar-refractivity contribution in [3.05, 3.63) is 71.7 Å². The van der Waals surface area contributed by atoms with Crippen molar-refractivity contribution >= 4 is 29.5 Å². The van der Waals surface area contributed by atoms with Crippen LogP contribution >= 0.6 is 0 Å². The monoisotopic (exact) mass is 599 g/mol. The minimum Gasteiger partial charge on any atom is -0.480 e. The summed E-state index contributed by atoms with van der Waals surface area (Å²) < 4.78 is 5.30. The number of carbonyl (C=O) groups excluding carboxylic acids is 2. The van der Waals surface area contributed by atoms with Crippen LogP contribution in [0.2, 0.25) is 0 Å². The maximum absolute atomic E-state index is 13.2. The average molecular weight is 600 g/mol. The van der Waals surface area contributed by atoms with E-state index >= 15 is 0 Å². The number of anilines is 2. The van der Waals surface area contributed by atoms with E-state index in [0.29, 0.717) is 40.9 Å². The summed E-state index contributed by atoms with van der Waals surface area (Å²) >= 11 is 0. The van der Waals surface area contributed by atoms with Crippen LogP contribution < -0.4 is 15.5 Å². The molecule has 0 radical (unpaired) electrons. The Morgan fingerprint density at radius 2 is 1.61 bits per heavy atom. The summed E-state index contributed by atoms with van der Waals surface area (Å²) in [5, 5.41) is 15.7. The number of aliphatic carboxylic acids is 1. The Bertz CT molecular complexity index is 1520. The first-order valence-electron chi connectivity index (χ1n) is 15.3. The highest BCUT2D eigenvalue weighted by molar-refractivity contribution is 5.95. The van der Waals surface area contributed by atoms with Crippen LogP contribution in [0.4, 0.5) is 16.3 Å². The van der Waals surface area contributed by atoms with E-state index in [9.17, 15) is 19.5 Å². The van der Waals surface area contributed by atoms with Gasteiger partial charge in [-0.05, 0) is 95.2 Å². The number of nitrogens with one attached hydrogen (secondary N) is 2. The highest BCUT2D eigenvalue weighted by Gasteiger charge is 2.46. The van der Waals surface area contributed by atoms with Crippen LogP contribution in [0, 0.1) is 12.8 Å². The number of amides is 2. The van der Waals surface area contributed by atoms with E-state index in [0.717, 1.165) is 36.8 Å². The number of carboxylic acids is 1. The van der Waals surface area contributed by atoms with Gasteiger partial charge in [0.2, 0.25) is 0 Å². The third-order valence-electron chi connectivity index (χ3n) is 8.28. The molecule has 3 N–H and O–H groups in total. The summed E-state index contributed by atoms with van der Waals surface area (Å²) in [5.41, 5.74) is 3.05. The number of hydrogen-bond acceptors (Lipinski definition) is 7. The van der Waals surface area contributed by atoms with E-state index in [4.69, 9.17) is 4.74 Å². The number of carboxylic acid groups (broad SMARTS) is 1. The van der Waals surface area contributed by atoms with Gasteiger partial charge in [-0.1, -0.05) is 37.1 Å². The lowest BCUT2D eigenvalue weighted by Crippen LogP contribution is -2.43. The summed E-state index contributed by atoms with van der Waals surface area (Å²) in [6.07, 6.45) is 4.35. The Hall–Kier alpha value is -4.47.